The van der Waals surface area contributed by atoms with Crippen molar-refractivity contribution in [3.63, 3.8) is 0 Å². The third kappa shape index (κ3) is 6.14. The maximum absolute atomic E-state index is 13.3. The molecule has 0 aliphatic rings. The van der Waals surface area contributed by atoms with E-state index >= 15 is 0 Å². The minimum Gasteiger partial charge on any atom is -0.304 e. The van der Waals surface area contributed by atoms with E-state index in [1.807, 2.05) is 71.8 Å². The highest BCUT2D eigenvalue weighted by Gasteiger charge is 2.21. The van der Waals surface area contributed by atoms with Crippen molar-refractivity contribution in [1.82, 2.24) is 9.88 Å². The predicted octanol–water partition coefficient (Wildman–Crippen LogP) is 5.92. The zero-order chi connectivity index (χ0) is 20.6. The van der Waals surface area contributed by atoms with Gasteiger partial charge in [0.1, 0.15) is 0 Å². The summed E-state index contributed by atoms with van der Waals surface area (Å²) in [5, 5.41) is 2.79. The lowest BCUT2D eigenvalue weighted by atomic mass is 10.1. The Kier molecular flexibility index (Phi) is 9.50. The van der Waals surface area contributed by atoms with Crippen LogP contribution in [-0.4, -0.2) is 42.0 Å². The van der Waals surface area contributed by atoms with Crippen LogP contribution in [0.5, 0.6) is 0 Å². The second-order valence-electron chi connectivity index (χ2n) is 7.08. The Morgan fingerprint density at radius 3 is 2.27 bits per heavy atom. The molecule has 0 atom stereocenters. The lowest BCUT2D eigenvalue weighted by molar-refractivity contribution is 0.0985. The summed E-state index contributed by atoms with van der Waals surface area (Å²) in [6.45, 7) is 10.1. The van der Waals surface area contributed by atoms with Gasteiger partial charge in [0.2, 0.25) is 0 Å². The molecule has 0 aliphatic carbocycles. The van der Waals surface area contributed by atoms with E-state index in [9.17, 15) is 4.79 Å². The number of hydrogen-bond donors (Lipinski definition) is 0. The third-order valence-electron chi connectivity index (χ3n) is 5.09. The fourth-order valence-electron chi connectivity index (χ4n) is 3.26. The molecule has 160 valence electrons. The summed E-state index contributed by atoms with van der Waals surface area (Å²) in [4.78, 5) is 22.3. The lowest BCUT2D eigenvalue weighted by Crippen LogP contribution is -2.34. The van der Waals surface area contributed by atoms with Crippen LogP contribution in [0.15, 0.2) is 60.0 Å². The molecule has 3 aromatic rings. The van der Waals surface area contributed by atoms with Gasteiger partial charge in [0.05, 0.1) is 5.69 Å². The minimum atomic E-state index is 0. The molecule has 0 fully saturated rings. The van der Waals surface area contributed by atoms with Crippen molar-refractivity contribution in [1.29, 1.82) is 0 Å². The molecule has 0 saturated carbocycles. The molecule has 3 rings (SSSR count). The van der Waals surface area contributed by atoms with Gasteiger partial charge >= 0.3 is 0 Å². The van der Waals surface area contributed by atoms with Crippen LogP contribution in [0.1, 0.15) is 36.2 Å². The van der Waals surface area contributed by atoms with Crippen molar-refractivity contribution < 1.29 is 4.79 Å². The second-order valence-corrected chi connectivity index (χ2v) is 7.92. The highest BCUT2D eigenvalue weighted by molar-refractivity contribution is 7.14. The van der Waals surface area contributed by atoms with Crippen LogP contribution in [0.25, 0.3) is 11.3 Å². The number of aromatic nitrogens is 1. The van der Waals surface area contributed by atoms with E-state index in [2.05, 4.69) is 18.7 Å². The summed E-state index contributed by atoms with van der Waals surface area (Å²) < 4.78 is 0. The van der Waals surface area contributed by atoms with Gasteiger partial charge in [0.25, 0.3) is 5.91 Å². The molecule has 0 N–H and O–H groups in total. The highest BCUT2D eigenvalue weighted by Crippen LogP contribution is 2.28. The Morgan fingerprint density at radius 1 is 0.967 bits per heavy atom. The van der Waals surface area contributed by atoms with Crippen molar-refractivity contribution in [3.05, 3.63) is 71.1 Å². The van der Waals surface area contributed by atoms with E-state index in [-0.39, 0.29) is 18.3 Å². The van der Waals surface area contributed by atoms with Crippen molar-refractivity contribution in [2.75, 3.05) is 31.1 Å². The van der Waals surface area contributed by atoms with E-state index in [0.717, 1.165) is 48.0 Å². The molecule has 0 saturated heterocycles. The molecule has 1 amide bonds. The number of aryl methyl sites for hydroxylation is 1. The quantitative estimate of drug-likeness (QED) is 0.412. The fraction of sp³-hybridized carbons (Fsp3) is 0.333. The number of hydrogen-bond acceptors (Lipinski definition) is 4. The zero-order valence-electron chi connectivity index (χ0n) is 17.9. The van der Waals surface area contributed by atoms with E-state index in [0.29, 0.717) is 12.1 Å². The number of thiazole rings is 1. The van der Waals surface area contributed by atoms with Gasteiger partial charge in [-0.05, 0) is 45.1 Å². The predicted molar refractivity (Wildman–Crippen MR) is 130 cm³/mol. The Balaban J connectivity index is 0.00000320. The van der Waals surface area contributed by atoms with Crippen molar-refractivity contribution in [2.24, 2.45) is 0 Å². The molecule has 0 bridgehead atoms. The van der Waals surface area contributed by atoms with E-state index < -0.39 is 0 Å². The molecule has 0 radical (unpaired) electrons. The van der Waals surface area contributed by atoms with E-state index in [4.69, 9.17) is 4.98 Å². The molecule has 30 heavy (non-hydrogen) atoms. The van der Waals surface area contributed by atoms with Gasteiger partial charge in [-0.3, -0.25) is 9.69 Å². The fourth-order valence-corrected chi connectivity index (χ4v) is 4.12. The summed E-state index contributed by atoms with van der Waals surface area (Å²) in [7, 11) is 0. The first-order valence-electron chi connectivity index (χ1n) is 10.2. The number of carbonyl (C=O) groups is 1. The molecule has 1 heterocycles. The zero-order valence-corrected chi connectivity index (χ0v) is 19.5. The molecule has 2 aromatic carbocycles. The first kappa shape index (κ1) is 24.1. The number of halogens is 1. The monoisotopic (exact) mass is 443 g/mol. The van der Waals surface area contributed by atoms with Crippen LogP contribution >= 0.6 is 23.7 Å². The van der Waals surface area contributed by atoms with Gasteiger partial charge in [0, 0.05) is 23.1 Å². The third-order valence-corrected chi connectivity index (χ3v) is 5.95. The van der Waals surface area contributed by atoms with Gasteiger partial charge in [-0.15, -0.1) is 23.7 Å². The van der Waals surface area contributed by atoms with E-state index in [1.165, 1.54) is 11.3 Å². The number of amides is 1. The number of carbonyl (C=O) groups excluding carboxylic acids is 1. The average Bonchev–Trinajstić information content (AvgIpc) is 3.24. The summed E-state index contributed by atoms with van der Waals surface area (Å²) in [5.74, 6) is 0.0125. The molecular weight excluding hydrogens is 414 g/mol. The number of anilines is 1. The second kappa shape index (κ2) is 11.8. The highest BCUT2D eigenvalue weighted by atomic mass is 35.5. The van der Waals surface area contributed by atoms with Crippen molar-refractivity contribution in [2.45, 2.75) is 27.2 Å². The van der Waals surface area contributed by atoms with E-state index in [1.54, 1.807) is 0 Å². The maximum Gasteiger partial charge on any atom is 0.260 e. The molecule has 0 unspecified atom stereocenters. The molecule has 0 spiro atoms. The first-order chi connectivity index (χ1) is 14.1. The summed E-state index contributed by atoms with van der Waals surface area (Å²) >= 11 is 1.53. The number of rotatable bonds is 9. The minimum absolute atomic E-state index is 0. The summed E-state index contributed by atoms with van der Waals surface area (Å²) in [5.41, 5.74) is 3.84. The molecule has 4 nitrogen and oxygen atoms in total. The molecule has 1 aromatic heterocycles. The van der Waals surface area contributed by atoms with Crippen molar-refractivity contribution in [3.8, 4) is 11.3 Å². The van der Waals surface area contributed by atoms with Crippen LogP contribution in [0.3, 0.4) is 0 Å². The topological polar surface area (TPSA) is 36.4 Å². The Labute approximate surface area is 190 Å². The van der Waals surface area contributed by atoms with Crippen molar-refractivity contribution >= 4 is 34.8 Å². The van der Waals surface area contributed by atoms with Gasteiger partial charge in [0.15, 0.2) is 5.13 Å². The van der Waals surface area contributed by atoms with Gasteiger partial charge in [-0.2, -0.15) is 0 Å². The SMILES string of the molecule is CCN(CC)CCCN(C(=O)c1ccc(C)cc1)c1nc(-c2ccccc2)cs1.Cl. The normalized spacial score (nSPS) is 10.7. The molecular formula is C24H30ClN3OS. The lowest BCUT2D eigenvalue weighted by Gasteiger charge is -2.23. The van der Waals surface area contributed by atoms with Gasteiger partial charge < -0.3 is 4.90 Å². The average molecular weight is 444 g/mol. The standard InChI is InChI=1S/C24H29N3OS.ClH/c1-4-26(5-2)16-9-17-27(23(28)21-14-12-19(3)13-15-21)24-25-22(18-29-24)20-10-7-6-8-11-20;/h6-8,10-15,18H,4-5,9,16-17H2,1-3H3;1H. The number of benzene rings is 2. The van der Waals surface area contributed by atoms with Gasteiger partial charge in [-0.25, -0.2) is 4.98 Å². The Bertz CT molecular complexity index is 908. The Morgan fingerprint density at radius 2 is 1.63 bits per heavy atom. The summed E-state index contributed by atoms with van der Waals surface area (Å²) in [6, 6.07) is 17.9. The smallest absolute Gasteiger partial charge is 0.260 e. The first-order valence-corrected chi connectivity index (χ1v) is 11.1. The molecule has 6 heteroatoms. The molecule has 0 aliphatic heterocycles. The van der Waals surface area contributed by atoms with Crippen LogP contribution in [0.2, 0.25) is 0 Å². The van der Waals surface area contributed by atoms with Crippen LogP contribution < -0.4 is 4.90 Å². The van der Waals surface area contributed by atoms with Crippen LogP contribution in [0, 0.1) is 6.92 Å². The Hall–Kier alpha value is -2.21. The van der Waals surface area contributed by atoms with Crippen LogP contribution in [0.4, 0.5) is 5.13 Å². The van der Waals surface area contributed by atoms with Crippen LogP contribution in [-0.2, 0) is 0 Å². The van der Waals surface area contributed by atoms with Gasteiger partial charge in [-0.1, -0.05) is 61.9 Å². The summed E-state index contributed by atoms with van der Waals surface area (Å²) in [6.07, 6.45) is 0.916. The maximum atomic E-state index is 13.3. The number of nitrogens with zero attached hydrogens (tertiary/aromatic N) is 3. The largest absolute Gasteiger partial charge is 0.304 e.